The summed E-state index contributed by atoms with van der Waals surface area (Å²) in [6, 6.07) is 5.94. The number of anilines is 1. The summed E-state index contributed by atoms with van der Waals surface area (Å²) < 4.78 is 5.52. The Bertz CT molecular complexity index is 859. The van der Waals surface area contributed by atoms with Crippen LogP contribution in [0.2, 0.25) is 0 Å². The Labute approximate surface area is 147 Å². The predicted octanol–water partition coefficient (Wildman–Crippen LogP) is 4.34. The van der Waals surface area contributed by atoms with E-state index in [0.717, 1.165) is 47.2 Å². The molecule has 5 heteroatoms. The number of pyridine rings is 1. The van der Waals surface area contributed by atoms with Crippen molar-refractivity contribution in [3.8, 4) is 22.4 Å². The van der Waals surface area contributed by atoms with E-state index in [0.29, 0.717) is 5.92 Å². The molecule has 3 aromatic rings. The maximum atomic E-state index is 5.52. The smallest absolute Gasteiger partial charge is 0.225 e. The largest absolute Gasteiger partial charge is 0.469 e. The fraction of sp³-hybridized carbons (Fsp3) is 0.350. The summed E-state index contributed by atoms with van der Waals surface area (Å²) in [6.45, 7) is 6.28. The first-order valence-electron chi connectivity index (χ1n) is 8.79. The highest BCUT2D eigenvalue weighted by Gasteiger charge is 2.21. The molecule has 1 aliphatic rings. The molecule has 0 saturated carbocycles. The molecule has 0 radical (unpaired) electrons. The van der Waals surface area contributed by atoms with Crippen LogP contribution in [0.25, 0.3) is 22.4 Å². The van der Waals surface area contributed by atoms with Gasteiger partial charge in [-0.25, -0.2) is 9.97 Å². The first kappa shape index (κ1) is 15.8. The van der Waals surface area contributed by atoms with Crippen molar-refractivity contribution in [2.45, 2.75) is 26.7 Å². The van der Waals surface area contributed by atoms with Crippen LogP contribution in [0.4, 0.5) is 5.95 Å². The second-order valence-electron chi connectivity index (χ2n) is 6.76. The highest BCUT2D eigenvalue weighted by molar-refractivity contribution is 5.81. The molecule has 25 heavy (non-hydrogen) atoms. The minimum absolute atomic E-state index is 0.675. The van der Waals surface area contributed by atoms with E-state index in [2.05, 4.69) is 21.8 Å². The lowest BCUT2D eigenvalue weighted by atomic mass is 10.0. The molecule has 0 aliphatic carbocycles. The maximum Gasteiger partial charge on any atom is 0.225 e. The first-order chi connectivity index (χ1) is 12.2. The van der Waals surface area contributed by atoms with Gasteiger partial charge >= 0.3 is 0 Å². The van der Waals surface area contributed by atoms with E-state index in [1.54, 1.807) is 12.5 Å². The Kier molecular flexibility index (Phi) is 4.22. The lowest BCUT2D eigenvalue weighted by molar-refractivity contribution is 0.442. The molecule has 1 fully saturated rings. The summed E-state index contributed by atoms with van der Waals surface area (Å²) in [7, 11) is 0. The molecule has 4 heterocycles. The standard InChI is InChI=1S/C20H22N4O/c1-14-5-4-9-24(13-14)20-22-12-18(16-6-3-8-21-11-16)19(23-20)17-7-10-25-15(17)2/h3,6-8,10-12,14H,4-5,9,13H2,1-2H3. The number of nitrogens with zero attached hydrogens (tertiary/aromatic N) is 4. The van der Waals surface area contributed by atoms with E-state index in [-0.39, 0.29) is 0 Å². The van der Waals surface area contributed by atoms with E-state index in [9.17, 15) is 0 Å². The fourth-order valence-electron chi connectivity index (χ4n) is 3.47. The average molecular weight is 334 g/mol. The Morgan fingerprint density at radius 3 is 2.84 bits per heavy atom. The third kappa shape index (κ3) is 3.14. The molecule has 0 amide bonds. The molecule has 0 spiro atoms. The SMILES string of the molecule is Cc1occc1-c1nc(N2CCCC(C)C2)ncc1-c1cccnc1. The lowest BCUT2D eigenvalue weighted by Crippen LogP contribution is -2.35. The highest BCUT2D eigenvalue weighted by atomic mass is 16.3. The normalized spacial score (nSPS) is 17.7. The molecule has 5 nitrogen and oxygen atoms in total. The molecule has 128 valence electrons. The summed E-state index contributed by atoms with van der Waals surface area (Å²) in [5.74, 6) is 2.34. The summed E-state index contributed by atoms with van der Waals surface area (Å²) in [6.07, 6.45) is 9.71. The molecule has 3 aromatic heterocycles. The third-order valence-electron chi connectivity index (χ3n) is 4.80. The van der Waals surface area contributed by atoms with Gasteiger partial charge < -0.3 is 9.32 Å². The second-order valence-corrected chi connectivity index (χ2v) is 6.76. The highest BCUT2D eigenvalue weighted by Crippen LogP contribution is 2.33. The van der Waals surface area contributed by atoms with Crippen molar-refractivity contribution in [3.05, 3.63) is 48.8 Å². The molecule has 0 aromatic carbocycles. The van der Waals surface area contributed by atoms with Crippen molar-refractivity contribution in [3.63, 3.8) is 0 Å². The van der Waals surface area contributed by atoms with Crippen LogP contribution in [-0.4, -0.2) is 28.0 Å². The van der Waals surface area contributed by atoms with E-state index >= 15 is 0 Å². The number of aromatic nitrogens is 3. The second kappa shape index (κ2) is 6.67. The van der Waals surface area contributed by atoms with Crippen LogP contribution in [0.5, 0.6) is 0 Å². The van der Waals surface area contributed by atoms with Crippen molar-refractivity contribution < 1.29 is 4.42 Å². The molecule has 4 rings (SSSR count). The molecule has 0 bridgehead atoms. The van der Waals surface area contributed by atoms with Crippen molar-refractivity contribution in [2.75, 3.05) is 18.0 Å². The molecular weight excluding hydrogens is 312 g/mol. The molecule has 1 atom stereocenters. The van der Waals surface area contributed by atoms with Gasteiger partial charge in [-0.05, 0) is 37.8 Å². The maximum absolute atomic E-state index is 5.52. The van der Waals surface area contributed by atoms with E-state index in [4.69, 9.17) is 9.40 Å². The minimum atomic E-state index is 0.675. The summed E-state index contributed by atoms with van der Waals surface area (Å²) in [4.78, 5) is 16.1. The van der Waals surface area contributed by atoms with E-state index in [1.807, 2.05) is 37.5 Å². The van der Waals surface area contributed by atoms with Gasteiger partial charge in [-0.1, -0.05) is 13.0 Å². The number of hydrogen-bond donors (Lipinski definition) is 0. The van der Waals surface area contributed by atoms with Crippen LogP contribution >= 0.6 is 0 Å². The Balaban J connectivity index is 1.82. The Morgan fingerprint density at radius 2 is 2.12 bits per heavy atom. The van der Waals surface area contributed by atoms with Crippen LogP contribution in [-0.2, 0) is 0 Å². The molecule has 1 unspecified atom stereocenters. The molecule has 1 aliphatic heterocycles. The van der Waals surface area contributed by atoms with Gasteiger partial charge in [-0.2, -0.15) is 0 Å². The molecule has 1 saturated heterocycles. The summed E-state index contributed by atoms with van der Waals surface area (Å²) >= 11 is 0. The third-order valence-corrected chi connectivity index (χ3v) is 4.80. The van der Waals surface area contributed by atoms with Gasteiger partial charge in [0, 0.05) is 48.4 Å². The van der Waals surface area contributed by atoms with Gasteiger partial charge in [0.05, 0.1) is 12.0 Å². The number of furan rings is 1. The Morgan fingerprint density at radius 1 is 1.20 bits per heavy atom. The van der Waals surface area contributed by atoms with Crippen LogP contribution < -0.4 is 4.90 Å². The van der Waals surface area contributed by atoms with Crippen LogP contribution in [0.15, 0.2) is 47.5 Å². The lowest BCUT2D eigenvalue weighted by Gasteiger charge is -2.31. The number of hydrogen-bond acceptors (Lipinski definition) is 5. The topological polar surface area (TPSA) is 55.1 Å². The van der Waals surface area contributed by atoms with Gasteiger partial charge in [-0.15, -0.1) is 0 Å². The zero-order chi connectivity index (χ0) is 17.2. The Hall–Kier alpha value is -2.69. The monoisotopic (exact) mass is 334 g/mol. The number of aryl methyl sites for hydroxylation is 1. The molecular formula is C20H22N4O. The van der Waals surface area contributed by atoms with Gasteiger partial charge in [0.2, 0.25) is 5.95 Å². The zero-order valence-electron chi connectivity index (χ0n) is 14.6. The van der Waals surface area contributed by atoms with Crippen molar-refractivity contribution in [1.82, 2.24) is 15.0 Å². The summed E-state index contributed by atoms with van der Waals surface area (Å²) in [5.41, 5.74) is 3.90. The van der Waals surface area contributed by atoms with Gasteiger partial charge in [0.15, 0.2) is 0 Å². The minimum Gasteiger partial charge on any atom is -0.469 e. The van der Waals surface area contributed by atoms with E-state index in [1.165, 1.54) is 12.8 Å². The average Bonchev–Trinajstić information content (AvgIpc) is 3.08. The van der Waals surface area contributed by atoms with Crippen LogP contribution in [0.3, 0.4) is 0 Å². The first-order valence-corrected chi connectivity index (χ1v) is 8.79. The number of piperidine rings is 1. The summed E-state index contributed by atoms with van der Waals surface area (Å²) in [5, 5.41) is 0. The van der Waals surface area contributed by atoms with Crippen LogP contribution in [0.1, 0.15) is 25.5 Å². The predicted molar refractivity (Wildman–Crippen MR) is 98.3 cm³/mol. The van der Waals surface area contributed by atoms with Crippen molar-refractivity contribution in [2.24, 2.45) is 5.92 Å². The molecule has 0 N–H and O–H groups in total. The van der Waals surface area contributed by atoms with Gasteiger partial charge in [0.1, 0.15) is 5.76 Å². The van der Waals surface area contributed by atoms with Gasteiger partial charge in [-0.3, -0.25) is 4.98 Å². The number of rotatable bonds is 3. The van der Waals surface area contributed by atoms with Crippen molar-refractivity contribution >= 4 is 5.95 Å². The fourth-order valence-corrected chi connectivity index (χ4v) is 3.47. The van der Waals surface area contributed by atoms with Crippen LogP contribution in [0, 0.1) is 12.8 Å². The van der Waals surface area contributed by atoms with E-state index < -0.39 is 0 Å². The zero-order valence-corrected chi connectivity index (χ0v) is 14.6. The van der Waals surface area contributed by atoms with Gasteiger partial charge in [0.25, 0.3) is 0 Å². The quantitative estimate of drug-likeness (QED) is 0.713. The van der Waals surface area contributed by atoms with Crippen molar-refractivity contribution in [1.29, 1.82) is 0 Å².